The molecule has 164 valence electrons. The second-order valence-electron chi connectivity index (χ2n) is 9.33. The summed E-state index contributed by atoms with van der Waals surface area (Å²) in [6.07, 6.45) is 10.9. The van der Waals surface area contributed by atoms with E-state index >= 15 is 0 Å². The normalized spacial score (nSPS) is 25.7. The predicted octanol–water partition coefficient (Wildman–Crippen LogP) is 2.24. The van der Waals surface area contributed by atoms with Crippen LogP contribution in [0.15, 0.2) is 6.07 Å². The fourth-order valence-corrected chi connectivity index (χ4v) is 4.93. The number of hydrogen-bond acceptors (Lipinski definition) is 4. The number of nitrogens with one attached hydrogen (secondary N) is 2. The van der Waals surface area contributed by atoms with Crippen LogP contribution < -0.4 is 10.6 Å². The third-order valence-electron chi connectivity index (χ3n) is 7.10. The van der Waals surface area contributed by atoms with Gasteiger partial charge in [-0.05, 0) is 32.6 Å². The third-order valence-corrected chi connectivity index (χ3v) is 7.10. The summed E-state index contributed by atoms with van der Waals surface area (Å²) in [5.41, 5.74) is -0.442. The summed E-state index contributed by atoms with van der Waals surface area (Å²) >= 11 is 0. The Morgan fingerprint density at radius 2 is 1.57 bits per heavy atom. The molecule has 3 amide bonds. The molecule has 1 aliphatic heterocycles. The first-order valence-corrected chi connectivity index (χ1v) is 11.4. The number of hydrogen-bond donors (Lipinski definition) is 2. The highest BCUT2D eigenvalue weighted by molar-refractivity contribution is 6.01. The number of fused-ring (bicyclic) bond motifs is 1. The van der Waals surface area contributed by atoms with Crippen molar-refractivity contribution in [1.82, 2.24) is 25.3 Å². The molecule has 2 aliphatic carbocycles. The maximum Gasteiger partial charge on any atom is 0.272 e. The summed E-state index contributed by atoms with van der Waals surface area (Å²) in [7, 11) is 1.66. The Morgan fingerprint density at radius 1 is 1.00 bits per heavy atom. The predicted molar refractivity (Wildman–Crippen MR) is 112 cm³/mol. The summed E-state index contributed by atoms with van der Waals surface area (Å²) in [4.78, 5) is 40.3. The highest BCUT2D eigenvalue weighted by Gasteiger charge is 2.46. The highest BCUT2D eigenvalue weighted by atomic mass is 16.2. The van der Waals surface area contributed by atoms with Crippen LogP contribution in [0, 0.1) is 0 Å². The van der Waals surface area contributed by atoms with Gasteiger partial charge in [0.1, 0.15) is 11.2 Å². The van der Waals surface area contributed by atoms with Crippen LogP contribution in [0.2, 0.25) is 0 Å². The van der Waals surface area contributed by atoms with Crippen LogP contribution in [0.3, 0.4) is 0 Å². The molecular weight excluding hydrogens is 382 g/mol. The van der Waals surface area contributed by atoms with Crippen molar-refractivity contribution in [3.05, 3.63) is 17.5 Å². The Morgan fingerprint density at radius 3 is 2.20 bits per heavy atom. The van der Waals surface area contributed by atoms with Gasteiger partial charge in [-0.25, -0.2) is 0 Å². The van der Waals surface area contributed by atoms with Crippen molar-refractivity contribution in [1.29, 1.82) is 0 Å². The lowest BCUT2D eigenvalue weighted by molar-refractivity contribution is -0.133. The molecule has 30 heavy (non-hydrogen) atoms. The molecule has 1 aromatic rings. The van der Waals surface area contributed by atoms with Gasteiger partial charge in [0.2, 0.25) is 5.91 Å². The van der Waals surface area contributed by atoms with E-state index in [1.165, 1.54) is 22.4 Å². The van der Waals surface area contributed by atoms with Crippen molar-refractivity contribution in [2.75, 3.05) is 7.05 Å². The van der Waals surface area contributed by atoms with E-state index in [0.717, 1.165) is 51.4 Å². The molecule has 0 radical (unpaired) electrons. The Kier molecular flexibility index (Phi) is 5.84. The van der Waals surface area contributed by atoms with Crippen LogP contribution in [0.5, 0.6) is 0 Å². The number of carbonyl (C=O) groups is 3. The number of carbonyl (C=O) groups excluding carboxylic acids is 3. The molecule has 8 heteroatoms. The average Bonchev–Trinajstić information content (AvgIpc) is 3.31. The van der Waals surface area contributed by atoms with E-state index in [0.29, 0.717) is 5.69 Å². The summed E-state index contributed by atoms with van der Waals surface area (Å²) in [5.74, 6) is -0.681. The molecule has 2 heterocycles. The molecule has 4 rings (SSSR count). The molecule has 2 fully saturated rings. The van der Waals surface area contributed by atoms with Crippen molar-refractivity contribution in [2.24, 2.45) is 0 Å². The summed E-state index contributed by atoms with van der Waals surface area (Å²) in [5, 5.41) is 10.6. The Balaban J connectivity index is 1.50. The van der Waals surface area contributed by atoms with Crippen molar-refractivity contribution < 1.29 is 14.4 Å². The van der Waals surface area contributed by atoms with Gasteiger partial charge in [-0.15, -0.1) is 0 Å². The van der Waals surface area contributed by atoms with E-state index in [9.17, 15) is 14.4 Å². The first-order chi connectivity index (χ1) is 14.4. The Bertz CT molecular complexity index is 821. The van der Waals surface area contributed by atoms with Gasteiger partial charge in [-0.3, -0.25) is 19.1 Å². The number of nitrogens with zero attached hydrogens (tertiary/aromatic N) is 3. The first kappa shape index (κ1) is 20.9. The molecule has 3 aliphatic rings. The molecule has 1 aromatic heterocycles. The third kappa shape index (κ3) is 3.96. The van der Waals surface area contributed by atoms with Gasteiger partial charge in [0, 0.05) is 25.2 Å². The molecule has 0 unspecified atom stereocenters. The van der Waals surface area contributed by atoms with Gasteiger partial charge in [0.15, 0.2) is 5.69 Å². The maximum atomic E-state index is 13.2. The van der Waals surface area contributed by atoms with Gasteiger partial charge in [0.05, 0.1) is 6.54 Å². The van der Waals surface area contributed by atoms with E-state index in [2.05, 4.69) is 15.7 Å². The van der Waals surface area contributed by atoms with Gasteiger partial charge in [0.25, 0.3) is 11.8 Å². The average molecular weight is 416 g/mol. The number of amides is 3. The molecule has 0 spiro atoms. The molecule has 0 saturated heterocycles. The zero-order valence-electron chi connectivity index (χ0n) is 18.1. The van der Waals surface area contributed by atoms with Crippen LogP contribution in [-0.4, -0.2) is 57.1 Å². The molecule has 2 saturated carbocycles. The molecular formula is C22H33N5O3. The highest BCUT2D eigenvalue weighted by Crippen LogP contribution is 2.27. The lowest BCUT2D eigenvalue weighted by Gasteiger charge is -2.41. The fourth-order valence-electron chi connectivity index (χ4n) is 4.93. The SMILES string of the molecule is CN1C(=O)c2cc(C(=O)NC3CCCC3)nn2C[C@]1(C)C(=O)NC1CCCCCC1. The van der Waals surface area contributed by atoms with E-state index in [-0.39, 0.29) is 42.0 Å². The van der Waals surface area contributed by atoms with E-state index in [4.69, 9.17) is 0 Å². The zero-order valence-corrected chi connectivity index (χ0v) is 18.1. The van der Waals surface area contributed by atoms with E-state index in [1.54, 1.807) is 20.0 Å². The quantitative estimate of drug-likeness (QED) is 0.737. The monoisotopic (exact) mass is 415 g/mol. The first-order valence-electron chi connectivity index (χ1n) is 11.4. The van der Waals surface area contributed by atoms with Crippen molar-refractivity contribution in [3.63, 3.8) is 0 Å². The Hall–Kier alpha value is -2.38. The van der Waals surface area contributed by atoms with Crippen LogP contribution in [-0.2, 0) is 11.3 Å². The lowest BCUT2D eigenvalue weighted by atomic mass is 9.95. The van der Waals surface area contributed by atoms with Crippen molar-refractivity contribution in [2.45, 2.75) is 95.3 Å². The van der Waals surface area contributed by atoms with Crippen LogP contribution >= 0.6 is 0 Å². The topological polar surface area (TPSA) is 96.3 Å². The summed E-state index contributed by atoms with van der Waals surface area (Å²) < 4.78 is 1.53. The number of rotatable bonds is 4. The molecule has 0 aromatic carbocycles. The van der Waals surface area contributed by atoms with E-state index in [1.807, 2.05) is 0 Å². The molecule has 1 atom stereocenters. The van der Waals surface area contributed by atoms with Crippen LogP contribution in [0.4, 0.5) is 0 Å². The van der Waals surface area contributed by atoms with Crippen LogP contribution in [0.1, 0.15) is 92.1 Å². The van der Waals surface area contributed by atoms with Gasteiger partial charge < -0.3 is 15.5 Å². The smallest absolute Gasteiger partial charge is 0.272 e. The lowest BCUT2D eigenvalue weighted by Crippen LogP contribution is -2.63. The minimum Gasteiger partial charge on any atom is -0.351 e. The summed E-state index contributed by atoms with van der Waals surface area (Å²) in [6, 6.07) is 1.89. The number of likely N-dealkylation sites (N-methyl/N-ethyl adjacent to an activating group) is 1. The fraction of sp³-hybridized carbons (Fsp3) is 0.727. The molecule has 2 N–H and O–H groups in total. The van der Waals surface area contributed by atoms with Crippen molar-refractivity contribution in [3.8, 4) is 0 Å². The van der Waals surface area contributed by atoms with Gasteiger partial charge >= 0.3 is 0 Å². The largest absolute Gasteiger partial charge is 0.351 e. The van der Waals surface area contributed by atoms with Crippen LogP contribution in [0.25, 0.3) is 0 Å². The van der Waals surface area contributed by atoms with E-state index < -0.39 is 5.54 Å². The second kappa shape index (κ2) is 8.40. The Labute approximate surface area is 177 Å². The maximum absolute atomic E-state index is 13.2. The molecule has 0 bridgehead atoms. The summed E-state index contributed by atoms with van der Waals surface area (Å²) in [6.45, 7) is 2.01. The zero-order chi connectivity index (χ0) is 21.3. The molecule has 8 nitrogen and oxygen atoms in total. The van der Waals surface area contributed by atoms with Gasteiger partial charge in [-0.1, -0.05) is 38.5 Å². The minimum atomic E-state index is -1.04. The standard InChI is InChI=1S/C22H33N5O3/c1-22(21(30)24-16-9-5-3-4-6-10-16)14-27-18(20(29)26(22)2)13-17(25-27)19(28)23-15-11-7-8-12-15/h13,15-16H,3-12,14H2,1-2H3,(H,23,28)(H,24,30)/t22-/m1/s1. The van der Waals surface area contributed by atoms with Gasteiger partial charge in [-0.2, -0.15) is 5.10 Å². The second-order valence-corrected chi connectivity index (χ2v) is 9.33. The minimum absolute atomic E-state index is 0.150. The van der Waals surface area contributed by atoms with Crippen molar-refractivity contribution >= 4 is 17.7 Å². The number of aromatic nitrogens is 2.